The van der Waals surface area contributed by atoms with E-state index in [-0.39, 0.29) is 16.6 Å². The molecule has 1 atom stereocenters. The molecule has 0 N–H and O–H groups in total. The minimum absolute atomic E-state index is 0.0400. The molecule has 3 aliphatic rings. The molecule has 52 heavy (non-hydrogen) atoms. The van der Waals surface area contributed by atoms with E-state index in [4.69, 9.17) is 0 Å². The van der Waals surface area contributed by atoms with Crippen LogP contribution in [0.3, 0.4) is 0 Å². The smallest absolute Gasteiger partial charge is 0.193 e. The number of nitrogens with zero attached hydrogens (tertiary/aromatic N) is 1. The molecule has 2 nitrogen and oxygen atoms in total. The van der Waals surface area contributed by atoms with Gasteiger partial charge in [-0.3, -0.25) is 4.79 Å². The maximum Gasteiger partial charge on any atom is 0.193 e. The highest BCUT2D eigenvalue weighted by atomic mass is 16.1. The summed E-state index contributed by atoms with van der Waals surface area (Å²) in [7, 11) is 0. The standard InChI is InChI=1S/C50H39NO/c1-48(2)38-23-13-14-24-39(38)50(37-22-12-11-21-35(37)36-28-27-33(29-41(36)50)47(52)32-17-7-5-8-18-32)43-31-46-44(30-42(43)48)49(3,4)40-25-15-16-26-45(40)51(46)34-19-9-6-10-20-34/h5-31H,1-4H3. The third-order valence-electron chi connectivity index (χ3n) is 12.3. The van der Waals surface area contributed by atoms with Crippen molar-refractivity contribution in [3.05, 3.63) is 219 Å². The third kappa shape index (κ3) is 3.93. The second kappa shape index (κ2) is 10.8. The van der Waals surface area contributed by atoms with Gasteiger partial charge in [0.2, 0.25) is 0 Å². The van der Waals surface area contributed by atoms with Gasteiger partial charge in [0.15, 0.2) is 5.78 Å². The lowest BCUT2D eigenvalue weighted by atomic mass is 9.54. The fourth-order valence-electron chi connectivity index (χ4n) is 9.83. The highest BCUT2D eigenvalue weighted by Crippen LogP contribution is 2.64. The van der Waals surface area contributed by atoms with Crippen molar-refractivity contribution in [3.8, 4) is 11.1 Å². The minimum Gasteiger partial charge on any atom is -0.310 e. The number of carbonyl (C=O) groups is 1. The lowest BCUT2D eigenvalue weighted by molar-refractivity contribution is 0.103. The average Bonchev–Trinajstić information content (AvgIpc) is 3.47. The molecular formula is C50H39NO. The topological polar surface area (TPSA) is 20.3 Å². The van der Waals surface area contributed by atoms with Crippen molar-refractivity contribution < 1.29 is 4.79 Å². The number of para-hydroxylation sites is 2. The van der Waals surface area contributed by atoms with Crippen molar-refractivity contribution in [2.75, 3.05) is 4.90 Å². The predicted octanol–water partition coefficient (Wildman–Crippen LogP) is 12.0. The Labute approximate surface area is 306 Å². The zero-order valence-corrected chi connectivity index (χ0v) is 29.9. The average molecular weight is 670 g/mol. The van der Waals surface area contributed by atoms with Gasteiger partial charge in [-0.2, -0.15) is 0 Å². The Kier molecular flexibility index (Phi) is 6.37. The van der Waals surface area contributed by atoms with E-state index in [9.17, 15) is 4.79 Å². The van der Waals surface area contributed by atoms with Crippen molar-refractivity contribution in [2.45, 2.75) is 43.9 Å². The Hall–Kier alpha value is -5.99. The van der Waals surface area contributed by atoms with Crippen LogP contribution in [0.4, 0.5) is 17.1 Å². The molecule has 2 heteroatoms. The predicted molar refractivity (Wildman–Crippen MR) is 213 cm³/mol. The van der Waals surface area contributed by atoms with Gasteiger partial charge in [-0.05, 0) is 86.0 Å². The first-order valence-electron chi connectivity index (χ1n) is 18.3. The summed E-state index contributed by atoms with van der Waals surface area (Å²) in [5.74, 6) is 0.0400. The van der Waals surface area contributed by atoms with Gasteiger partial charge in [0, 0.05) is 27.6 Å². The number of hydrogen-bond acceptors (Lipinski definition) is 2. The number of carbonyl (C=O) groups excluding carboxylic acids is 1. The summed E-state index contributed by atoms with van der Waals surface area (Å²) in [6, 6.07) is 58.8. The molecule has 0 bridgehead atoms. The van der Waals surface area contributed by atoms with Crippen LogP contribution in [0.2, 0.25) is 0 Å². The van der Waals surface area contributed by atoms with Crippen molar-refractivity contribution in [1.29, 1.82) is 0 Å². The molecule has 7 aromatic carbocycles. The number of benzene rings is 7. The Morgan fingerprint density at radius 1 is 0.404 bits per heavy atom. The van der Waals surface area contributed by atoms with Gasteiger partial charge < -0.3 is 4.90 Å². The Balaban J connectivity index is 1.35. The van der Waals surface area contributed by atoms with E-state index in [1.54, 1.807) is 0 Å². The summed E-state index contributed by atoms with van der Waals surface area (Å²) in [4.78, 5) is 16.6. The van der Waals surface area contributed by atoms with Crippen molar-refractivity contribution in [1.82, 2.24) is 0 Å². The zero-order valence-electron chi connectivity index (χ0n) is 29.9. The maximum absolute atomic E-state index is 14.2. The van der Waals surface area contributed by atoms with Crippen LogP contribution in [0.25, 0.3) is 11.1 Å². The van der Waals surface area contributed by atoms with Gasteiger partial charge in [0.25, 0.3) is 0 Å². The summed E-state index contributed by atoms with van der Waals surface area (Å²) < 4.78 is 0. The molecule has 0 aromatic heterocycles. The van der Waals surface area contributed by atoms with Crippen LogP contribution in [-0.2, 0) is 16.2 Å². The van der Waals surface area contributed by atoms with Gasteiger partial charge in [-0.1, -0.05) is 161 Å². The fraction of sp³-hybridized carbons (Fsp3) is 0.140. The Morgan fingerprint density at radius 3 is 1.73 bits per heavy atom. The summed E-state index contributed by atoms with van der Waals surface area (Å²) in [6.45, 7) is 9.53. The summed E-state index contributed by atoms with van der Waals surface area (Å²) in [5, 5.41) is 0. The maximum atomic E-state index is 14.2. The minimum atomic E-state index is -0.640. The summed E-state index contributed by atoms with van der Waals surface area (Å²) in [5.41, 5.74) is 16.5. The third-order valence-corrected chi connectivity index (χ3v) is 12.3. The molecular weight excluding hydrogens is 631 g/mol. The van der Waals surface area contributed by atoms with E-state index in [0.717, 1.165) is 5.69 Å². The summed E-state index contributed by atoms with van der Waals surface area (Å²) in [6.07, 6.45) is 0. The van der Waals surface area contributed by atoms with Gasteiger partial charge in [-0.25, -0.2) is 0 Å². The lowest BCUT2D eigenvalue weighted by Crippen LogP contribution is -2.42. The van der Waals surface area contributed by atoms with Crippen LogP contribution in [-0.4, -0.2) is 5.78 Å². The zero-order chi connectivity index (χ0) is 35.4. The molecule has 1 unspecified atom stereocenters. The number of ketones is 1. The van der Waals surface area contributed by atoms with E-state index in [0.29, 0.717) is 11.1 Å². The highest BCUT2D eigenvalue weighted by molar-refractivity contribution is 6.10. The number of hydrogen-bond donors (Lipinski definition) is 0. The first-order valence-corrected chi connectivity index (χ1v) is 18.3. The molecule has 1 heterocycles. The van der Waals surface area contributed by atoms with Crippen molar-refractivity contribution in [2.24, 2.45) is 0 Å². The van der Waals surface area contributed by atoms with Crippen molar-refractivity contribution in [3.63, 3.8) is 0 Å². The number of anilines is 3. The molecule has 1 spiro atoms. The first kappa shape index (κ1) is 30.8. The van der Waals surface area contributed by atoms with Gasteiger partial charge in [0.1, 0.15) is 0 Å². The number of fused-ring (bicyclic) bond motifs is 11. The van der Waals surface area contributed by atoms with Crippen LogP contribution in [0.15, 0.2) is 164 Å². The molecule has 0 saturated carbocycles. The van der Waals surface area contributed by atoms with E-state index in [2.05, 4.69) is 160 Å². The van der Waals surface area contributed by atoms with E-state index < -0.39 is 5.41 Å². The van der Waals surface area contributed by atoms with Gasteiger partial charge in [0.05, 0.1) is 16.8 Å². The molecule has 1 aliphatic heterocycles. The second-order valence-corrected chi connectivity index (χ2v) is 15.6. The van der Waals surface area contributed by atoms with Crippen molar-refractivity contribution >= 4 is 22.8 Å². The summed E-state index contributed by atoms with van der Waals surface area (Å²) >= 11 is 0. The van der Waals surface area contributed by atoms with Crippen LogP contribution in [0, 0.1) is 0 Å². The monoisotopic (exact) mass is 669 g/mol. The molecule has 2 aliphatic carbocycles. The highest BCUT2D eigenvalue weighted by Gasteiger charge is 2.54. The van der Waals surface area contributed by atoms with E-state index in [1.807, 2.05) is 36.4 Å². The van der Waals surface area contributed by atoms with E-state index >= 15 is 0 Å². The largest absolute Gasteiger partial charge is 0.310 e. The van der Waals surface area contributed by atoms with E-state index in [1.165, 1.54) is 67.0 Å². The molecule has 10 rings (SSSR count). The molecule has 7 aromatic rings. The van der Waals surface area contributed by atoms with Crippen LogP contribution >= 0.6 is 0 Å². The Bertz CT molecular complexity index is 2600. The van der Waals surface area contributed by atoms with Crippen LogP contribution < -0.4 is 4.90 Å². The molecule has 0 saturated heterocycles. The normalized spacial score (nSPS) is 18.0. The molecule has 0 radical (unpaired) electrons. The quantitative estimate of drug-likeness (QED) is 0.175. The fourth-order valence-corrected chi connectivity index (χ4v) is 9.83. The van der Waals surface area contributed by atoms with Gasteiger partial charge in [-0.15, -0.1) is 0 Å². The number of rotatable bonds is 3. The Morgan fingerprint density at radius 2 is 0.981 bits per heavy atom. The first-order chi connectivity index (χ1) is 25.2. The SMILES string of the molecule is CC1(C)c2ccccc2N(c2ccccc2)c2cc3c(cc21)C(C)(C)c1ccccc1C31c2ccccc2-c2ccc(C(=O)c3ccccc3)cc21. The molecule has 0 amide bonds. The molecule has 250 valence electrons. The van der Waals surface area contributed by atoms with Crippen LogP contribution in [0.5, 0.6) is 0 Å². The lowest BCUT2D eigenvalue weighted by Gasteiger charge is -2.49. The van der Waals surface area contributed by atoms with Crippen LogP contribution in [0.1, 0.15) is 88.1 Å². The van der Waals surface area contributed by atoms with Gasteiger partial charge >= 0.3 is 0 Å². The molecule has 0 fully saturated rings. The second-order valence-electron chi connectivity index (χ2n) is 15.6.